The lowest BCUT2D eigenvalue weighted by Crippen LogP contribution is -2.31. The van der Waals surface area contributed by atoms with Crippen LogP contribution in [0.3, 0.4) is 0 Å². The fourth-order valence-electron chi connectivity index (χ4n) is 3.99. The molecular formula is C26H27N3O4S. The fraction of sp³-hybridized carbons (Fsp3) is 0.269. The van der Waals surface area contributed by atoms with E-state index in [4.69, 9.17) is 4.74 Å². The van der Waals surface area contributed by atoms with Crippen molar-refractivity contribution in [2.45, 2.75) is 24.3 Å². The average molecular weight is 478 g/mol. The maximum Gasteiger partial charge on any atom is 0.265 e. The molecular weight excluding hydrogens is 450 g/mol. The molecule has 0 saturated carbocycles. The molecule has 0 atom stereocenters. The van der Waals surface area contributed by atoms with E-state index in [1.165, 1.54) is 41.4 Å². The summed E-state index contributed by atoms with van der Waals surface area (Å²) in [5, 5.41) is 19.1. The molecule has 176 valence electrons. The summed E-state index contributed by atoms with van der Waals surface area (Å²) in [6.45, 7) is 3.70. The Labute approximate surface area is 200 Å². The largest absolute Gasteiger partial charge is 0.508 e. The summed E-state index contributed by atoms with van der Waals surface area (Å²) in [6, 6.07) is 21.4. The third-order valence-corrected chi connectivity index (χ3v) is 7.67. The molecule has 1 aliphatic heterocycles. The number of nitriles is 1. The Morgan fingerprint density at radius 2 is 1.65 bits per heavy atom. The summed E-state index contributed by atoms with van der Waals surface area (Å²) in [5.74, 6) is 0.769. The van der Waals surface area contributed by atoms with Crippen molar-refractivity contribution in [3.05, 3.63) is 83.9 Å². The van der Waals surface area contributed by atoms with E-state index in [-0.39, 0.29) is 22.8 Å². The van der Waals surface area contributed by atoms with E-state index in [1.807, 2.05) is 6.07 Å². The number of benzene rings is 3. The maximum absolute atomic E-state index is 13.7. The van der Waals surface area contributed by atoms with Crippen LogP contribution in [0, 0.1) is 11.3 Å². The van der Waals surface area contributed by atoms with E-state index in [2.05, 4.69) is 4.90 Å². The third-order valence-electron chi connectivity index (χ3n) is 5.84. The van der Waals surface area contributed by atoms with Crippen LogP contribution in [0.25, 0.3) is 0 Å². The van der Waals surface area contributed by atoms with E-state index >= 15 is 0 Å². The minimum absolute atomic E-state index is 0.0392. The summed E-state index contributed by atoms with van der Waals surface area (Å²) in [5.41, 5.74) is 1.23. The molecule has 0 aliphatic carbocycles. The van der Waals surface area contributed by atoms with Crippen LogP contribution in [0.5, 0.6) is 11.5 Å². The average Bonchev–Trinajstić information content (AvgIpc) is 3.38. The number of hydrogen-bond donors (Lipinski definition) is 1. The minimum atomic E-state index is -4.05. The first-order valence-electron chi connectivity index (χ1n) is 11.2. The normalized spacial score (nSPS) is 14.0. The van der Waals surface area contributed by atoms with Crippen LogP contribution in [0.1, 0.15) is 24.0 Å². The monoisotopic (exact) mass is 477 g/mol. The Morgan fingerprint density at radius 1 is 0.971 bits per heavy atom. The first-order chi connectivity index (χ1) is 16.5. The molecule has 0 bridgehead atoms. The molecule has 1 N–H and O–H groups in total. The van der Waals surface area contributed by atoms with Crippen LogP contribution in [-0.4, -0.2) is 44.7 Å². The zero-order valence-corrected chi connectivity index (χ0v) is 19.6. The molecule has 3 aromatic carbocycles. The van der Waals surface area contributed by atoms with Gasteiger partial charge in [-0.3, -0.25) is 9.21 Å². The molecule has 3 aromatic rings. The van der Waals surface area contributed by atoms with Gasteiger partial charge >= 0.3 is 0 Å². The number of rotatable bonds is 9. The van der Waals surface area contributed by atoms with Crippen LogP contribution >= 0.6 is 0 Å². The smallest absolute Gasteiger partial charge is 0.265 e. The molecule has 1 heterocycles. The number of likely N-dealkylation sites (tertiary alicyclic amines) is 1. The second-order valence-electron chi connectivity index (χ2n) is 8.18. The van der Waals surface area contributed by atoms with Crippen molar-refractivity contribution in [1.29, 1.82) is 5.26 Å². The van der Waals surface area contributed by atoms with Crippen molar-refractivity contribution in [2.24, 2.45) is 0 Å². The van der Waals surface area contributed by atoms with Gasteiger partial charge in [0.05, 0.1) is 17.8 Å². The van der Waals surface area contributed by atoms with Crippen LogP contribution in [0.4, 0.5) is 5.69 Å². The molecule has 0 radical (unpaired) electrons. The van der Waals surface area contributed by atoms with E-state index in [0.717, 1.165) is 19.6 Å². The molecule has 4 rings (SSSR count). The van der Waals surface area contributed by atoms with Crippen LogP contribution in [-0.2, 0) is 16.6 Å². The fourth-order valence-corrected chi connectivity index (χ4v) is 5.59. The molecule has 34 heavy (non-hydrogen) atoms. The zero-order valence-electron chi connectivity index (χ0n) is 18.8. The highest BCUT2D eigenvalue weighted by Gasteiger charge is 2.28. The molecule has 1 aliphatic rings. The number of phenols is 1. The Morgan fingerprint density at radius 3 is 2.32 bits per heavy atom. The number of nitrogens with zero attached hydrogens (tertiary/aromatic N) is 3. The van der Waals surface area contributed by atoms with Crippen molar-refractivity contribution < 1.29 is 18.3 Å². The second kappa shape index (κ2) is 10.6. The molecule has 0 aromatic heterocycles. The van der Waals surface area contributed by atoms with Gasteiger partial charge in [-0.2, -0.15) is 5.26 Å². The standard InChI is InChI=1S/C26H27N3O4S/c27-19-22-5-1-2-6-26(22)34(31,32)29(20-21-7-11-24(30)12-8-21)23-9-13-25(14-10-23)33-18-17-28-15-3-4-16-28/h1-2,5-14,30H,3-4,15-18,20H2. The van der Waals surface area contributed by atoms with E-state index in [0.29, 0.717) is 23.6 Å². The first kappa shape index (κ1) is 23.6. The predicted octanol–water partition coefficient (Wildman–Crippen LogP) is 4.13. The second-order valence-corrected chi connectivity index (χ2v) is 10.0. The van der Waals surface area contributed by atoms with Gasteiger partial charge in [-0.05, 0) is 80.0 Å². The van der Waals surface area contributed by atoms with Crippen LogP contribution < -0.4 is 9.04 Å². The minimum Gasteiger partial charge on any atom is -0.508 e. The van der Waals surface area contributed by atoms with Gasteiger partial charge in [0.15, 0.2) is 0 Å². The van der Waals surface area contributed by atoms with Crippen molar-refractivity contribution >= 4 is 15.7 Å². The van der Waals surface area contributed by atoms with Gasteiger partial charge in [0.1, 0.15) is 29.1 Å². The van der Waals surface area contributed by atoms with Gasteiger partial charge in [-0.15, -0.1) is 0 Å². The van der Waals surface area contributed by atoms with Crippen molar-refractivity contribution in [3.63, 3.8) is 0 Å². The van der Waals surface area contributed by atoms with Gasteiger partial charge in [-0.1, -0.05) is 24.3 Å². The first-order valence-corrected chi connectivity index (χ1v) is 12.7. The molecule has 8 heteroatoms. The van der Waals surface area contributed by atoms with Gasteiger partial charge in [0.25, 0.3) is 10.0 Å². The van der Waals surface area contributed by atoms with Gasteiger partial charge < -0.3 is 9.84 Å². The summed E-state index contributed by atoms with van der Waals surface area (Å²) in [6.07, 6.45) is 2.46. The summed E-state index contributed by atoms with van der Waals surface area (Å²) in [7, 11) is -4.05. The molecule has 0 unspecified atom stereocenters. The zero-order chi connectivity index (χ0) is 24.0. The molecule has 0 spiro atoms. The van der Waals surface area contributed by atoms with E-state index < -0.39 is 10.0 Å². The number of aromatic hydroxyl groups is 1. The number of phenolic OH excluding ortho intramolecular Hbond substituents is 1. The lowest BCUT2D eigenvalue weighted by Gasteiger charge is -2.25. The maximum atomic E-state index is 13.7. The molecule has 1 saturated heterocycles. The van der Waals surface area contributed by atoms with Crippen molar-refractivity contribution in [3.8, 4) is 17.6 Å². The lowest BCUT2D eigenvalue weighted by molar-refractivity contribution is 0.238. The van der Waals surface area contributed by atoms with Crippen molar-refractivity contribution in [2.75, 3.05) is 30.5 Å². The van der Waals surface area contributed by atoms with Gasteiger partial charge in [0, 0.05) is 6.54 Å². The summed E-state index contributed by atoms with van der Waals surface area (Å²) >= 11 is 0. The lowest BCUT2D eigenvalue weighted by atomic mass is 10.2. The number of ether oxygens (including phenoxy) is 1. The highest BCUT2D eigenvalue weighted by Crippen LogP contribution is 2.29. The predicted molar refractivity (Wildman–Crippen MR) is 130 cm³/mol. The van der Waals surface area contributed by atoms with Crippen LogP contribution in [0.2, 0.25) is 0 Å². The highest BCUT2D eigenvalue weighted by atomic mass is 32.2. The number of anilines is 1. The Bertz CT molecular complexity index is 1250. The Balaban J connectivity index is 1.60. The van der Waals surface area contributed by atoms with E-state index in [1.54, 1.807) is 48.5 Å². The SMILES string of the molecule is N#Cc1ccccc1S(=O)(=O)N(Cc1ccc(O)cc1)c1ccc(OCCN2CCCC2)cc1. The third kappa shape index (κ3) is 5.50. The Hall–Kier alpha value is -3.54. The number of hydrogen-bond acceptors (Lipinski definition) is 6. The number of sulfonamides is 1. The topological polar surface area (TPSA) is 93.9 Å². The molecule has 1 fully saturated rings. The van der Waals surface area contributed by atoms with E-state index in [9.17, 15) is 18.8 Å². The van der Waals surface area contributed by atoms with Crippen LogP contribution in [0.15, 0.2) is 77.7 Å². The van der Waals surface area contributed by atoms with Gasteiger partial charge in [-0.25, -0.2) is 8.42 Å². The summed E-state index contributed by atoms with van der Waals surface area (Å²) < 4.78 is 34.5. The quantitative estimate of drug-likeness (QED) is 0.498. The molecule has 7 nitrogen and oxygen atoms in total. The van der Waals surface area contributed by atoms with Crippen molar-refractivity contribution in [1.82, 2.24) is 4.90 Å². The highest BCUT2D eigenvalue weighted by molar-refractivity contribution is 7.92. The summed E-state index contributed by atoms with van der Waals surface area (Å²) in [4.78, 5) is 2.31. The Kier molecular flexibility index (Phi) is 7.36. The van der Waals surface area contributed by atoms with Gasteiger partial charge in [0.2, 0.25) is 0 Å². The molecule has 0 amide bonds.